The molecule has 4 rings (SSSR count). The average Bonchev–Trinajstić information content (AvgIpc) is 3.30. The minimum absolute atomic E-state index is 0.293. The first-order valence-corrected chi connectivity index (χ1v) is 9.52. The minimum Gasteiger partial charge on any atom is -0.454 e. The number of nitrogens with zero attached hydrogens (tertiary/aromatic N) is 4. The summed E-state index contributed by atoms with van der Waals surface area (Å²) in [7, 11) is 0. The lowest BCUT2D eigenvalue weighted by molar-refractivity contribution is 0.174. The highest BCUT2D eigenvalue weighted by molar-refractivity contribution is 5.79. The van der Waals surface area contributed by atoms with Gasteiger partial charge in [-0.2, -0.15) is 0 Å². The van der Waals surface area contributed by atoms with Gasteiger partial charge in [0.05, 0.1) is 6.54 Å². The maximum atomic E-state index is 5.44. The van der Waals surface area contributed by atoms with E-state index in [2.05, 4.69) is 32.3 Å². The Morgan fingerprint density at radius 3 is 3.04 bits per heavy atom. The van der Waals surface area contributed by atoms with Crippen LogP contribution >= 0.6 is 0 Å². The summed E-state index contributed by atoms with van der Waals surface area (Å²) in [5, 5.41) is 15.2. The molecule has 144 valence electrons. The zero-order chi connectivity index (χ0) is 18.6. The Morgan fingerprint density at radius 2 is 2.15 bits per heavy atom. The number of hydrogen-bond acceptors (Lipinski definition) is 5. The van der Waals surface area contributed by atoms with Gasteiger partial charge in [0.15, 0.2) is 17.5 Å². The number of benzene rings is 1. The van der Waals surface area contributed by atoms with Crippen LogP contribution in [0.25, 0.3) is 0 Å². The molecule has 1 aromatic carbocycles. The molecule has 2 aliphatic heterocycles. The fraction of sp³-hybridized carbons (Fsp3) is 0.526. The predicted octanol–water partition coefficient (Wildman–Crippen LogP) is 1.63. The van der Waals surface area contributed by atoms with E-state index in [1.54, 1.807) is 0 Å². The molecule has 2 N–H and O–H groups in total. The Hall–Kier alpha value is -2.77. The second kappa shape index (κ2) is 7.85. The van der Waals surface area contributed by atoms with Crippen LogP contribution in [0, 0.1) is 12.8 Å². The van der Waals surface area contributed by atoms with Crippen LogP contribution in [0.3, 0.4) is 0 Å². The Bertz CT molecular complexity index is 832. The fourth-order valence-electron chi connectivity index (χ4n) is 3.49. The Kier molecular flexibility index (Phi) is 5.13. The van der Waals surface area contributed by atoms with E-state index in [4.69, 9.17) is 14.5 Å². The number of nitrogens with one attached hydrogen (secondary N) is 2. The van der Waals surface area contributed by atoms with Gasteiger partial charge in [-0.15, -0.1) is 10.2 Å². The monoisotopic (exact) mass is 370 g/mol. The molecule has 0 amide bonds. The molecule has 1 atom stereocenters. The molecule has 2 aliphatic rings. The molecule has 0 fully saturated rings. The van der Waals surface area contributed by atoms with E-state index in [1.165, 1.54) is 0 Å². The van der Waals surface area contributed by atoms with Crippen molar-refractivity contribution in [2.45, 2.75) is 39.8 Å². The third-order valence-corrected chi connectivity index (χ3v) is 4.99. The van der Waals surface area contributed by atoms with E-state index in [1.807, 2.05) is 25.1 Å². The molecule has 27 heavy (non-hydrogen) atoms. The van der Waals surface area contributed by atoms with Gasteiger partial charge in [0.25, 0.3) is 0 Å². The predicted molar refractivity (Wildman–Crippen MR) is 102 cm³/mol. The van der Waals surface area contributed by atoms with E-state index < -0.39 is 0 Å². The first kappa shape index (κ1) is 17.6. The van der Waals surface area contributed by atoms with Gasteiger partial charge in [0.1, 0.15) is 11.6 Å². The molecule has 3 heterocycles. The number of fused-ring (bicyclic) bond motifs is 2. The molecule has 0 spiro atoms. The fourth-order valence-corrected chi connectivity index (χ4v) is 3.49. The number of guanidine groups is 1. The third-order valence-electron chi connectivity index (χ3n) is 4.99. The van der Waals surface area contributed by atoms with Crippen molar-refractivity contribution in [1.82, 2.24) is 25.4 Å². The average molecular weight is 370 g/mol. The van der Waals surface area contributed by atoms with Crippen LogP contribution < -0.4 is 20.1 Å². The SMILES string of the molecule is CCNC(=NCc1ccc2c(c1)OCO2)NCC1CCc2nnc(C)n2C1. The summed E-state index contributed by atoms with van der Waals surface area (Å²) >= 11 is 0. The van der Waals surface area contributed by atoms with Gasteiger partial charge < -0.3 is 24.7 Å². The van der Waals surface area contributed by atoms with E-state index >= 15 is 0 Å². The van der Waals surface area contributed by atoms with Gasteiger partial charge >= 0.3 is 0 Å². The second-order valence-corrected chi connectivity index (χ2v) is 6.94. The van der Waals surface area contributed by atoms with Crippen LogP contribution in [0.5, 0.6) is 11.5 Å². The summed E-state index contributed by atoms with van der Waals surface area (Å²) in [6, 6.07) is 5.96. The molecule has 0 radical (unpaired) electrons. The van der Waals surface area contributed by atoms with Crippen LogP contribution in [-0.4, -0.2) is 40.6 Å². The highest BCUT2D eigenvalue weighted by atomic mass is 16.7. The van der Waals surface area contributed by atoms with Crippen molar-refractivity contribution in [2.24, 2.45) is 10.9 Å². The van der Waals surface area contributed by atoms with Crippen LogP contribution in [-0.2, 0) is 19.5 Å². The number of aryl methyl sites for hydroxylation is 2. The third kappa shape index (κ3) is 3.99. The van der Waals surface area contributed by atoms with Crippen molar-refractivity contribution in [2.75, 3.05) is 19.9 Å². The summed E-state index contributed by atoms with van der Waals surface area (Å²) in [6.07, 6.45) is 2.10. The number of ether oxygens (including phenoxy) is 2. The number of rotatable bonds is 5. The van der Waals surface area contributed by atoms with Crippen molar-refractivity contribution in [3.05, 3.63) is 35.4 Å². The van der Waals surface area contributed by atoms with E-state index in [9.17, 15) is 0 Å². The number of hydrogen-bond donors (Lipinski definition) is 2. The van der Waals surface area contributed by atoms with E-state index in [-0.39, 0.29) is 0 Å². The topological polar surface area (TPSA) is 85.6 Å². The van der Waals surface area contributed by atoms with Crippen molar-refractivity contribution in [3.63, 3.8) is 0 Å². The Labute approximate surface area is 159 Å². The molecule has 0 saturated heterocycles. The second-order valence-electron chi connectivity index (χ2n) is 6.94. The summed E-state index contributed by atoms with van der Waals surface area (Å²) < 4.78 is 13.0. The quantitative estimate of drug-likeness (QED) is 0.615. The maximum Gasteiger partial charge on any atom is 0.231 e. The van der Waals surface area contributed by atoms with Crippen molar-refractivity contribution in [1.29, 1.82) is 0 Å². The molecule has 0 saturated carbocycles. The number of aromatic nitrogens is 3. The van der Waals surface area contributed by atoms with Crippen LogP contribution in [0.2, 0.25) is 0 Å². The van der Waals surface area contributed by atoms with Gasteiger partial charge in [-0.25, -0.2) is 4.99 Å². The highest BCUT2D eigenvalue weighted by Crippen LogP contribution is 2.32. The lowest BCUT2D eigenvalue weighted by Gasteiger charge is -2.25. The maximum absolute atomic E-state index is 5.44. The van der Waals surface area contributed by atoms with Gasteiger partial charge in [-0.05, 0) is 43.9 Å². The summed E-state index contributed by atoms with van der Waals surface area (Å²) in [6.45, 7) is 7.64. The molecule has 1 unspecified atom stereocenters. The van der Waals surface area contributed by atoms with Crippen molar-refractivity contribution < 1.29 is 9.47 Å². The van der Waals surface area contributed by atoms with Gasteiger partial charge in [-0.1, -0.05) is 6.07 Å². The number of aliphatic imine (C=N–C) groups is 1. The summed E-state index contributed by atoms with van der Waals surface area (Å²) in [5.41, 5.74) is 1.10. The normalized spacial score (nSPS) is 18.3. The molecule has 8 heteroatoms. The lowest BCUT2D eigenvalue weighted by Crippen LogP contribution is -2.41. The Morgan fingerprint density at radius 1 is 1.26 bits per heavy atom. The lowest BCUT2D eigenvalue weighted by atomic mass is 9.99. The highest BCUT2D eigenvalue weighted by Gasteiger charge is 2.21. The molecule has 0 aliphatic carbocycles. The van der Waals surface area contributed by atoms with Gasteiger partial charge in [0.2, 0.25) is 6.79 Å². The van der Waals surface area contributed by atoms with E-state index in [0.29, 0.717) is 19.3 Å². The van der Waals surface area contributed by atoms with Crippen molar-refractivity contribution >= 4 is 5.96 Å². The molecule has 1 aromatic heterocycles. The largest absolute Gasteiger partial charge is 0.454 e. The molecular formula is C19H26N6O2. The minimum atomic E-state index is 0.293. The smallest absolute Gasteiger partial charge is 0.231 e. The summed E-state index contributed by atoms with van der Waals surface area (Å²) in [5.74, 6) is 5.07. The molecule has 2 aromatic rings. The zero-order valence-electron chi connectivity index (χ0n) is 15.9. The first-order valence-electron chi connectivity index (χ1n) is 9.52. The van der Waals surface area contributed by atoms with Crippen LogP contribution in [0.15, 0.2) is 23.2 Å². The summed E-state index contributed by atoms with van der Waals surface area (Å²) in [4.78, 5) is 4.71. The van der Waals surface area contributed by atoms with Crippen molar-refractivity contribution in [3.8, 4) is 11.5 Å². The molecular weight excluding hydrogens is 344 g/mol. The molecule has 8 nitrogen and oxygen atoms in total. The first-order chi connectivity index (χ1) is 13.2. The van der Waals surface area contributed by atoms with Gasteiger partial charge in [-0.3, -0.25) is 0 Å². The zero-order valence-corrected chi connectivity index (χ0v) is 15.9. The van der Waals surface area contributed by atoms with Gasteiger partial charge in [0, 0.05) is 26.1 Å². The molecule has 0 bridgehead atoms. The standard InChI is InChI=1S/C19H26N6O2/c1-3-20-19(21-9-14-4-6-16-17(8-14)27-12-26-16)22-10-15-5-7-18-24-23-13(2)25(18)11-15/h4,6,8,15H,3,5,7,9-12H2,1-2H3,(H2,20,21,22). The van der Waals surface area contributed by atoms with Crippen LogP contribution in [0.4, 0.5) is 0 Å². The Balaban J connectivity index is 1.35. The van der Waals surface area contributed by atoms with Crippen LogP contribution in [0.1, 0.15) is 30.6 Å². The van der Waals surface area contributed by atoms with E-state index in [0.717, 1.165) is 67.1 Å².